The SMILES string of the molecule is CCNc1ccc(NN=Cc2ccc(C(=O)NCCSSCCC(=O)NC)cc2)nc1. The summed E-state index contributed by atoms with van der Waals surface area (Å²) in [5.41, 5.74) is 5.32. The summed E-state index contributed by atoms with van der Waals surface area (Å²) < 4.78 is 0. The summed E-state index contributed by atoms with van der Waals surface area (Å²) in [5.74, 6) is 2.12. The van der Waals surface area contributed by atoms with Crippen LogP contribution in [0.5, 0.6) is 0 Å². The van der Waals surface area contributed by atoms with Crippen LogP contribution in [0.4, 0.5) is 11.5 Å². The quantitative estimate of drug-likeness (QED) is 0.157. The molecule has 0 spiro atoms. The van der Waals surface area contributed by atoms with Gasteiger partial charge >= 0.3 is 0 Å². The van der Waals surface area contributed by atoms with Crippen molar-refractivity contribution in [3.63, 3.8) is 0 Å². The van der Waals surface area contributed by atoms with Crippen molar-refractivity contribution in [3.05, 3.63) is 53.7 Å². The van der Waals surface area contributed by atoms with Crippen molar-refractivity contribution in [1.29, 1.82) is 0 Å². The van der Waals surface area contributed by atoms with E-state index >= 15 is 0 Å². The van der Waals surface area contributed by atoms with Crippen molar-refractivity contribution >= 4 is 51.1 Å². The minimum Gasteiger partial charge on any atom is -0.384 e. The number of pyridine rings is 1. The molecule has 0 aliphatic rings. The standard InChI is InChI=1S/C21H28N6O2S2/c1-3-23-18-8-9-19(25-15-18)27-26-14-16-4-6-17(7-5-16)21(29)24-11-13-31-30-12-10-20(28)22-2/h4-9,14-15,23H,3,10-13H2,1-2H3,(H,22,28)(H,24,29)(H,25,27). The summed E-state index contributed by atoms with van der Waals surface area (Å²) in [7, 11) is 4.91. The lowest BCUT2D eigenvalue weighted by Crippen LogP contribution is -2.25. The third-order valence-electron chi connectivity index (χ3n) is 3.96. The first-order chi connectivity index (χ1) is 15.1. The first-order valence-corrected chi connectivity index (χ1v) is 12.4. The second-order valence-electron chi connectivity index (χ2n) is 6.28. The van der Waals surface area contributed by atoms with E-state index < -0.39 is 0 Å². The van der Waals surface area contributed by atoms with E-state index in [1.807, 2.05) is 31.2 Å². The molecule has 0 atom stereocenters. The number of carbonyl (C=O) groups is 2. The molecule has 8 nitrogen and oxygen atoms in total. The molecular formula is C21H28N6O2S2. The average Bonchev–Trinajstić information content (AvgIpc) is 2.80. The van der Waals surface area contributed by atoms with E-state index in [9.17, 15) is 9.59 Å². The Morgan fingerprint density at radius 3 is 2.55 bits per heavy atom. The molecule has 1 aromatic carbocycles. The van der Waals surface area contributed by atoms with E-state index in [0.717, 1.165) is 29.3 Å². The fraction of sp³-hybridized carbons (Fsp3) is 0.333. The summed E-state index contributed by atoms with van der Waals surface area (Å²) in [4.78, 5) is 27.6. The highest BCUT2D eigenvalue weighted by molar-refractivity contribution is 8.76. The molecular weight excluding hydrogens is 432 g/mol. The Balaban J connectivity index is 1.67. The summed E-state index contributed by atoms with van der Waals surface area (Å²) in [5, 5.41) is 12.8. The largest absolute Gasteiger partial charge is 0.384 e. The molecule has 31 heavy (non-hydrogen) atoms. The molecule has 0 aliphatic carbocycles. The van der Waals surface area contributed by atoms with Crippen LogP contribution in [0, 0.1) is 0 Å². The maximum Gasteiger partial charge on any atom is 0.251 e. The molecule has 0 radical (unpaired) electrons. The van der Waals surface area contributed by atoms with Crippen molar-refractivity contribution in [2.45, 2.75) is 13.3 Å². The Bertz CT molecular complexity index is 844. The number of carbonyl (C=O) groups excluding carboxylic acids is 2. The molecule has 0 saturated heterocycles. The van der Waals surface area contributed by atoms with E-state index in [0.29, 0.717) is 24.3 Å². The predicted octanol–water partition coefficient (Wildman–Crippen LogP) is 3.21. The van der Waals surface area contributed by atoms with Gasteiger partial charge in [0.2, 0.25) is 5.91 Å². The fourth-order valence-electron chi connectivity index (χ4n) is 2.35. The summed E-state index contributed by atoms with van der Waals surface area (Å²) in [6.07, 6.45) is 3.93. The maximum atomic E-state index is 12.2. The molecule has 10 heteroatoms. The lowest BCUT2D eigenvalue weighted by atomic mass is 10.1. The van der Waals surface area contributed by atoms with Crippen LogP contribution in [0.2, 0.25) is 0 Å². The van der Waals surface area contributed by atoms with Crippen molar-refractivity contribution < 1.29 is 9.59 Å². The van der Waals surface area contributed by atoms with Gasteiger partial charge in [-0.15, -0.1) is 0 Å². The summed E-state index contributed by atoms with van der Waals surface area (Å²) >= 11 is 0. The number of amides is 2. The van der Waals surface area contributed by atoms with E-state index in [4.69, 9.17) is 0 Å². The van der Waals surface area contributed by atoms with Crippen LogP contribution in [0.15, 0.2) is 47.7 Å². The Hall–Kier alpha value is -2.72. The lowest BCUT2D eigenvalue weighted by molar-refractivity contribution is -0.120. The number of anilines is 2. The molecule has 0 aliphatic heterocycles. The van der Waals surface area contributed by atoms with Crippen LogP contribution in [-0.4, -0.2) is 54.7 Å². The van der Waals surface area contributed by atoms with Gasteiger partial charge in [0.25, 0.3) is 5.91 Å². The number of hydrazone groups is 1. The van der Waals surface area contributed by atoms with Gasteiger partial charge in [0, 0.05) is 43.6 Å². The highest BCUT2D eigenvalue weighted by Gasteiger charge is 2.04. The van der Waals surface area contributed by atoms with Crippen LogP contribution >= 0.6 is 21.6 Å². The number of hydrogen-bond donors (Lipinski definition) is 4. The second-order valence-corrected chi connectivity index (χ2v) is 8.98. The van der Waals surface area contributed by atoms with Gasteiger partial charge in [-0.3, -0.25) is 15.0 Å². The van der Waals surface area contributed by atoms with Crippen molar-refractivity contribution in [1.82, 2.24) is 15.6 Å². The molecule has 1 heterocycles. The average molecular weight is 461 g/mol. The number of nitrogens with one attached hydrogen (secondary N) is 4. The highest BCUT2D eigenvalue weighted by atomic mass is 33.1. The molecule has 0 bridgehead atoms. The lowest BCUT2D eigenvalue weighted by Gasteiger charge is -2.05. The summed E-state index contributed by atoms with van der Waals surface area (Å²) in [6, 6.07) is 11.0. The number of benzene rings is 1. The molecule has 2 amide bonds. The molecule has 4 N–H and O–H groups in total. The van der Waals surface area contributed by atoms with Gasteiger partial charge < -0.3 is 16.0 Å². The Labute approximate surface area is 190 Å². The first-order valence-electron chi connectivity index (χ1n) is 9.94. The third-order valence-corrected chi connectivity index (χ3v) is 6.36. The van der Waals surface area contributed by atoms with Gasteiger partial charge in [0.05, 0.1) is 18.1 Å². The van der Waals surface area contributed by atoms with Crippen LogP contribution < -0.4 is 21.4 Å². The van der Waals surface area contributed by atoms with E-state index in [-0.39, 0.29) is 11.8 Å². The Kier molecular flexibility index (Phi) is 11.3. The van der Waals surface area contributed by atoms with Gasteiger partial charge in [0.15, 0.2) is 0 Å². The first kappa shape index (κ1) is 24.5. The molecule has 166 valence electrons. The molecule has 0 saturated carbocycles. The molecule has 0 unspecified atom stereocenters. The monoisotopic (exact) mass is 460 g/mol. The number of rotatable bonds is 13. The number of nitrogens with zero attached hydrogens (tertiary/aromatic N) is 2. The number of hydrogen-bond acceptors (Lipinski definition) is 8. The van der Waals surface area contributed by atoms with Gasteiger partial charge in [-0.1, -0.05) is 33.7 Å². The zero-order valence-corrected chi connectivity index (χ0v) is 19.3. The van der Waals surface area contributed by atoms with Crippen LogP contribution in [0.25, 0.3) is 0 Å². The van der Waals surface area contributed by atoms with Crippen molar-refractivity contribution in [3.8, 4) is 0 Å². The predicted molar refractivity (Wildman–Crippen MR) is 132 cm³/mol. The van der Waals surface area contributed by atoms with Crippen molar-refractivity contribution in [2.75, 3.05) is 42.4 Å². The number of aromatic nitrogens is 1. The van der Waals surface area contributed by atoms with Gasteiger partial charge in [-0.2, -0.15) is 5.10 Å². The zero-order valence-electron chi connectivity index (χ0n) is 17.7. The molecule has 2 aromatic rings. The van der Waals surface area contributed by atoms with Crippen LogP contribution in [0.1, 0.15) is 29.3 Å². The Morgan fingerprint density at radius 1 is 1.10 bits per heavy atom. The minimum absolute atomic E-state index is 0.0426. The topological polar surface area (TPSA) is 108 Å². The van der Waals surface area contributed by atoms with Crippen molar-refractivity contribution in [2.24, 2.45) is 5.10 Å². The second kappa shape index (κ2) is 14.3. The smallest absolute Gasteiger partial charge is 0.251 e. The summed E-state index contributed by atoms with van der Waals surface area (Å²) in [6.45, 7) is 3.45. The van der Waals surface area contributed by atoms with E-state index in [1.165, 1.54) is 0 Å². The van der Waals surface area contributed by atoms with Gasteiger partial charge in [-0.05, 0) is 36.8 Å². The normalized spacial score (nSPS) is 10.6. The van der Waals surface area contributed by atoms with Crippen LogP contribution in [-0.2, 0) is 4.79 Å². The van der Waals surface area contributed by atoms with Gasteiger partial charge in [-0.25, -0.2) is 4.98 Å². The Morgan fingerprint density at radius 2 is 1.87 bits per heavy atom. The van der Waals surface area contributed by atoms with Gasteiger partial charge in [0.1, 0.15) is 5.82 Å². The highest BCUT2D eigenvalue weighted by Crippen LogP contribution is 2.21. The van der Waals surface area contributed by atoms with E-state index in [1.54, 1.807) is 53.2 Å². The van der Waals surface area contributed by atoms with E-state index in [2.05, 4.69) is 31.5 Å². The minimum atomic E-state index is -0.109. The third kappa shape index (κ3) is 9.75. The maximum absolute atomic E-state index is 12.2. The van der Waals surface area contributed by atoms with Crippen LogP contribution in [0.3, 0.4) is 0 Å². The molecule has 1 aromatic heterocycles. The zero-order chi connectivity index (χ0) is 22.3. The molecule has 0 fully saturated rings. The fourth-order valence-corrected chi connectivity index (χ4v) is 4.24. The molecule has 2 rings (SSSR count).